The molecule has 0 saturated carbocycles. The second-order valence-corrected chi connectivity index (χ2v) is 6.97. The van der Waals surface area contributed by atoms with Crippen LogP contribution in [0.4, 0.5) is 0 Å². The highest BCUT2D eigenvalue weighted by atomic mass is 32.2. The molecule has 4 rings (SSSR count). The number of hydrogen-bond donors (Lipinski definition) is 0. The Kier molecular flexibility index (Phi) is 3.51. The van der Waals surface area contributed by atoms with Crippen molar-refractivity contribution < 1.29 is 0 Å². The van der Waals surface area contributed by atoms with E-state index in [2.05, 4.69) is 79.7 Å². The van der Waals surface area contributed by atoms with E-state index in [1.165, 1.54) is 32.0 Å². The maximum atomic E-state index is 2.40. The van der Waals surface area contributed by atoms with Crippen LogP contribution < -0.4 is 0 Å². The van der Waals surface area contributed by atoms with Gasteiger partial charge in [-0.1, -0.05) is 79.3 Å². The molecular formula is C21H18S. The third kappa shape index (κ3) is 2.46. The predicted molar refractivity (Wildman–Crippen MR) is 93.8 cm³/mol. The second kappa shape index (κ2) is 5.66. The van der Waals surface area contributed by atoms with Gasteiger partial charge in [-0.05, 0) is 40.8 Å². The molecule has 0 N–H and O–H groups in total. The molecule has 0 nitrogen and oxygen atoms in total. The minimum atomic E-state index is 0.439. The molecule has 1 aliphatic heterocycles. The van der Waals surface area contributed by atoms with Crippen molar-refractivity contribution in [1.29, 1.82) is 0 Å². The standard InChI is InChI=1S/C21H18S/c1-15(16-7-3-2-4-8-16)17-11-12-21-19(13-17)14-18-9-5-6-10-20(18)22-21/h2-13,15H,14H2,1H3. The van der Waals surface area contributed by atoms with E-state index in [1.807, 2.05) is 11.8 Å². The fourth-order valence-electron chi connectivity index (χ4n) is 3.11. The summed E-state index contributed by atoms with van der Waals surface area (Å²) in [5.41, 5.74) is 5.70. The first-order chi connectivity index (χ1) is 10.8. The summed E-state index contributed by atoms with van der Waals surface area (Å²) in [6.45, 7) is 2.29. The maximum Gasteiger partial charge on any atom is 0.0158 e. The zero-order valence-corrected chi connectivity index (χ0v) is 13.4. The molecule has 1 atom stereocenters. The lowest BCUT2D eigenvalue weighted by molar-refractivity contribution is 0.909. The zero-order chi connectivity index (χ0) is 14.9. The third-order valence-electron chi connectivity index (χ3n) is 4.46. The van der Waals surface area contributed by atoms with Crippen molar-refractivity contribution in [2.24, 2.45) is 0 Å². The molecule has 1 heterocycles. The van der Waals surface area contributed by atoms with E-state index in [9.17, 15) is 0 Å². The average Bonchev–Trinajstić information content (AvgIpc) is 2.59. The number of hydrogen-bond acceptors (Lipinski definition) is 1. The molecule has 22 heavy (non-hydrogen) atoms. The van der Waals surface area contributed by atoms with E-state index in [1.54, 1.807) is 0 Å². The Hall–Kier alpha value is -1.99. The van der Waals surface area contributed by atoms with Gasteiger partial charge in [0, 0.05) is 15.7 Å². The summed E-state index contributed by atoms with van der Waals surface area (Å²) in [5, 5.41) is 0. The third-order valence-corrected chi connectivity index (χ3v) is 5.69. The van der Waals surface area contributed by atoms with Gasteiger partial charge in [0.1, 0.15) is 0 Å². The maximum absolute atomic E-state index is 2.40. The van der Waals surface area contributed by atoms with Crippen molar-refractivity contribution >= 4 is 11.8 Å². The smallest absolute Gasteiger partial charge is 0.0158 e. The normalized spacial score (nSPS) is 14.0. The molecule has 3 aromatic carbocycles. The molecule has 0 aromatic heterocycles. The molecule has 108 valence electrons. The van der Waals surface area contributed by atoms with Crippen molar-refractivity contribution in [3.05, 3.63) is 95.1 Å². The van der Waals surface area contributed by atoms with E-state index < -0.39 is 0 Å². The van der Waals surface area contributed by atoms with Crippen molar-refractivity contribution in [2.75, 3.05) is 0 Å². The fraction of sp³-hybridized carbons (Fsp3) is 0.143. The van der Waals surface area contributed by atoms with Gasteiger partial charge in [-0.25, -0.2) is 0 Å². The Balaban J connectivity index is 1.69. The van der Waals surface area contributed by atoms with E-state index in [4.69, 9.17) is 0 Å². The van der Waals surface area contributed by atoms with Crippen LogP contribution in [-0.4, -0.2) is 0 Å². The van der Waals surface area contributed by atoms with E-state index in [0.717, 1.165) is 6.42 Å². The van der Waals surface area contributed by atoms with Crippen molar-refractivity contribution in [2.45, 2.75) is 29.1 Å². The van der Waals surface area contributed by atoms with Gasteiger partial charge in [-0.3, -0.25) is 0 Å². The number of fused-ring (bicyclic) bond motifs is 2. The Bertz CT molecular complexity index is 805. The van der Waals surface area contributed by atoms with Crippen LogP contribution in [0.25, 0.3) is 0 Å². The highest BCUT2D eigenvalue weighted by Gasteiger charge is 2.17. The lowest BCUT2D eigenvalue weighted by Crippen LogP contribution is -2.02. The first-order valence-electron chi connectivity index (χ1n) is 7.75. The Morgan fingerprint density at radius 2 is 1.45 bits per heavy atom. The Labute approximate surface area is 136 Å². The van der Waals surface area contributed by atoms with Crippen LogP contribution in [0.2, 0.25) is 0 Å². The van der Waals surface area contributed by atoms with Gasteiger partial charge < -0.3 is 0 Å². The van der Waals surface area contributed by atoms with Gasteiger partial charge in [0.2, 0.25) is 0 Å². The van der Waals surface area contributed by atoms with Crippen LogP contribution in [-0.2, 0) is 6.42 Å². The predicted octanol–water partition coefficient (Wildman–Crippen LogP) is 5.89. The minimum absolute atomic E-state index is 0.439. The van der Waals surface area contributed by atoms with Gasteiger partial charge in [0.15, 0.2) is 0 Å². The van der Waals surface area contributed by atoms with Crippen LogP contribution >= 0.6 is 11.8 Å². The minimum Gasteiger partial charge on any atom is -0.0895 e. The Morgan fingerprint density at radius 1 is 0.727 bits per heavy atom. The van der Waals surface area contributed by atoms with Crippen LogP contribution in [0.1, 0.15) is 35.1 Å². The molecule has 1 aliphatic rings. The van der Waals surface area contributed by atoms with E-state index in [0.29, 0.717) is 5.92 Å². The molecule has 0 amide bonds. The van der Waals surface area contributed by atoms with Gasteiger partial charge in [0.25, 0.3) is 0 Å². The van der Waals surface area contributed by atoms with E-state index in [-0.39, 0.29) is 0 Å². The molecule has 0 fully saturated rings. The summed E-state index contributed by atoms with van der Waals surface area (Å²) >= 11 is 1.90. The first kappa shape index (κ1) is 13.7. The molecule has 1 unspecified atom stereocenters. The second-order valence-electron chi connectivity index (χ2n) is 5.89. The fourth-order valence-corrected chi connectivity index (χ4v) is 4.17. The first-order valence-corrected chi connectivity index (χ1v) is 8.56. The number of rotatable bonds is 2. The van der Waals surface area contributed by atoms with E-state index >= 15 is 0 Å². The largest absolute Gasteiger partial charge is 0.0895 e. The Morgan fingerprint density at radius 3 is 2.32 bits per heavy atom. The summed E-state index contributed by atoms with van der Waals surface area (Å²) in [5.74, 6) is 0.439. The molecule has 1 heteroatoms. The molecule has 0 spiro atoms. The van der Waals surface area contributed by atoms with Gasteiger partial charge in [-0.15, -0.1) is 0 Å². The summed E-state index contributed by atoms with van der Waals surface area (Å²) in [6, 6.07) is 26.5. The topological polar surface area (TPSA) is 0 Å². The molecule has 0 radical (unpaired) electrons. The van der Waals surface area contributed by atoms with Crippen LogP contribution in [0.5, 0.6) is 0 Å². The number of benzene rings is 3. The highest BCUT2D eigenvalue weighted by Crippen LogP contribution is 2.40. The molecule has 0 bridgehead atoms. The van der Waals surface area contributed by atoms with Crippen molar-refractivity contribution in [3.8, 4) is 0 Å². The molecule has 0 saturated heterocycles. The van der Waals surface area contributed by atoms with Crippen molar-refractivity contribution in [1.82, 2.24) is 0 Å². The molecule has 0 aliphatic carbocycles. The van der Waals surface area contributed by atoms with Crippen LogP contribution in [0.15, 0.2) is 82.6 Å². The summed E-state index contributed by atoms with van der Waals surface area (Å²) in [4.78, 5) is 2.81. The monoisotopic (exact) mass is 302 g/mol. The van der Waals surface area contributed by atoms with Gasteiger partial charge >= 0.3 is 0 Å². The zero-order valence-electron chi connectivity index (χ0n) is 12.6. The quantitative estimate of drug-likeness (QED) is 0.444. The molecular weight excluding hydrogens is 284 g/mol. The molecule has 3 aromatic rings. The summed E-state index contributed by atoms with van der Waals surface area (Å²) in [7, 11) is 0. The summed E-state index contributed by atoms with van der Waals surface area (Å²) in [6.07, 6.45) is 1.05. The lowest BCUT2D eigenvalue weighted by atomic mass is 9.91. The van der Waals surface area contributed by atoms with Gasteiger partial charge in [-0.2, -0.15) is 0 Å². The summed E-state index contributed by atoms with van der Waals surface area (Å²) < 4.78 is 0. The van der Waals surface area contributed by atoms with Gasteiger partial charge in [0.05, 0.1) is 0 Å². The van der Waals surface area contributed by atoms with Crippen LogP contribution in [0.3, 0.4) is 0 Å². The highest BCUT2D eigenvalue weighted by molar-refractivity contribution is 7.99. The van der Waals surface area contributed by atoms with Crippen LogP contribution in [0, 0.1) is 0 Å². The SMILES string of the molecule is CC(c1ccccc1)c1ccc2c(c1)Cc1ccccc1S2. The average molecular weight is 302 g/mol. The van der Waals surface area contributed by atoms with Crippen molar-refractivity contribution in [3.63, 3.8) is 0 Å². The lowest BCUT2D eigenvalue weighted by Gasteiger charge is -2.21.